The van der Waals surface area contributed by atoms with E-state index in [2.05, 4.69) is 11.9 Å². The summed E-state index contributed by atoms with van der Waals surface area (Å²) in [7, 11) is 1.89. The van der Waals surface area contributed by atoms with Crippen LogP contribution in [0.1, 0.15) is 19.2 Å². The normalized spacial score (nSPS) is 10.2. The van der Waals surface area contributed by atoms with Gasteiger partial charge in [-0.1, -0.05) is 6.92 Å². The minimum absolute atomic E-state index is 0.117. The first kappa shape index (κ1) is 7.12. The van der Waals surface area contributed by atoms with E-state index in [1.54, 1.807) is 6.20 Å². The number of imidazole rings is 1. The van der Waals surface area contributed by atoms with E-state index in [4.69, 9.17) is 5.11 Å². The van der Waals surface area contributed by atoms with E-state index in [-0.39, 0.29) is 5.88 Å². The zero-order chi connectivity index (χ0) is 7.56. The molecule has 1 heterocycles. The van der Waals surface area contributed by atoms with Crippen molar-refractivity contribution in [3.63, 3.8) is 0 Å². The maximum atomic E-state index is 8.93. The summed E-state index contributed by atoms with van der Waals surface area (Å²) < 4.78 is 1.85. The lowest BCUT2D eigenvalue weighted by Crippen LogP contribution is -1.95. The van der Waals surface area contributed by atoms with Crippen LogP contribution in [0.25, 0.3) is 0 Å². The molecule has 0 spiro atoms. The Kier molecular flexibility index (Phi) is 1.94. The third-order valence-electron chi connectivity index (χ3n) is 1.43. The summed E-state index contributed by atoms with van der Waals surface area (Å²) in [4.78, 5) is 3.92. The smallest absolute Gasteiger partial charge is 0.229 e. The third-order valence-corrected chi connectivity index (χ3v) is 1.43. The highest BCUT2D eigenvalue weighted by molar-refractivity contribution is 5.07. The summed E-state index contributed by atoms with van der Waals surface area (Å²) >= 11 is 0. The number of aromatic hydroxyl groups is 1. The van der Waals surface area contributed by atoms with Gasteiger partial charge in [-0.3, -0.25) is 0 Å². The van der Waals surface area contributed by atoms with Crippen molar-refractivity contribution in [2.24, 2.45) is 7.05 Å². The number of aryl methyl sites for hydroxylation is 2. The predicted molar refractivity (Wildman–Crippen MR) is 38.9 cm³/mol. The molecule has 0 unspecified atom stereocenters. The van der Waals surface area contributed by atoms with Crippen molar-refractivity contribution < 1.29 is 5.11 Å². The molecule has 0 amide bonds. The van der Waals surface area contributed by atoms with Crippen molar-refractivity contribution in [3.8, 4) is 5.88 Å². The molecule has 0 radical (unpaired) electrons. The molecule has 0 aromatic carbocycles. The summed E-state index contributed by atoms with van der Waals surface area (Å²) in [5, 5.41) is 8.93. The molecule has 1 aromatic heterocycles. The molecule has 0 atom stereocenters. The van der Waals surface area contributed by atoms with Gasteiger partial charge in [-0.15, -0.1) is 0 Å². The van der Waals surface area contributed by atoms with Gasteiger partial charge in [0.15, 0.2) is 0 Å². The minimum Gasteiger partial charge on any atom is -0.492 e. The number of hydrogen-bond acceptors (Lipinski definition) is 2. The van der Waals surface area contributed by atoms with Gasteiger partial charge in [0.1, 0.15) is 5.82 Å². The Labute approximate surface area is 60.3 Å². The lowest BCUT2D eigenvalue weighted by molar-refractivity contribution is 0.455. The van der Waals surface area contributed by atoms with Crippen molar-refractivity contribution in [3.05, 3.63) is 12.0 Å². The topological polar surface area (TPSA) is 38.1 Å². The maximum Gasteiger partial charge on any atom is 0.229 e. The second kappa shape index (κ2) is 2.73. The Bertz CT molecular complexity index is 217. The monoisotopic (exact) mass is 140 g/mol. The van der Waals surface area contributed by atoms with E-state index >= 15 is 0 Å². The van der Waals surface area contributed by atoms with Crippen molar-refractivity contribution >= 4 is 0 Å². The zero-order valence-corrected chi connectivity index (χ0v) is 6.33. The summed E-state index contributed by atoms with van der Waals surface area (Å²) in [6, 6.07) is 0. The van der Waals surface area contributed by atoms with Crippen LogP contribution in [-0.2, 0) is 13.5 Å². The number of rotatable bonds is 2. The zero-order valence-electron chi connectivity index (χ0n) is 6.33. The van der Waals surface area contributed by atoms with Gasteiger partial charge in [0.2, 0.25) is 5.88 Å². The fourth-order valence-electron chi connectivity index (χ4n) is 0.944. The molecule has 10 heavy (non-hydrogen) atoms. The molecule has 0 bridgehead atoms. The average Bonchev–Trinajstić information content (AvgIpc) is 2.13. The molecule has 0 aliphatic heterocycles. The molecule has 1 N–H and O–H groups in total. The molecular formula is C7H12N2O. The quantitative estimate of drug-likeness (QED) is 0.667. The van der Waals surface area contributed by atoms with Gasteiger partial charge in [-0.25, -0.2) is 0 Å². The van der Waals surface area contributed by atoms with E-state index < -0.39 is 0 Å². The standard InChI is InChI=1S/C7H12N2O/c1-3-4-6-8-7(10)5-9(6)2/h5,10H,3-4H2,1-2H3. The first-order chi connectivity index (χ1) is 4.74. The fourth-order valence-corrected chi connectivity index (χ4v) is 0.944. The average molecular weight is 140 g/mol. The molecular weight excluding hydrogens is 128 g/mol. The largest absolute Gasteiger partial charge is 0.492 e. The van der Waals surface area contributed by atoms with Crippen LogP contribution in [0.2, 0.25) is 0 Å². The number of nitrogens with zero attached hydrogens (tertiary/aromatic N) is 2. The Balaban J connectivity index is 2.81. The highest BCUT2D eigenvalue weighted by Crippen LogP contribution is 2.07. The lowest BCUT2D eigenvalue weighted by Gasteiger charge is -1.95. The van der Waals surface area contributed by atoms with E-state index in [0.29, 0.717) is 0 Å². The summed E-state index contributed by atoms with van der Waals surface area (Å²) in [5.74, 6) is 1.06. The van der Waals surface area contributed by atoms with Gasteiger partial charge in [0.05, 0.1) is 6.20 Å². The van der Waals surface area contributed by atoms with Crippen LogP contribution in [0.3, 0.4) is 0 Å². The molecule has 0 saturated heterocycles. The molecule has 0 saturated carbocycles. The molecule has 3 heteroatoms. The van der Waals surface area contributed by atoms with Crippen molar-refractivity contribution in [1.82, 2.24) is 9.55 Å². The Morgan fingerprint density at radius 3 is 2.80 bits per heavy atom. The Morgan fingerprint density at radius 1 is 1.70 bits per heavy atom. The minimum atomic E-state index is 0.117. The van der Waals surface area contributed by atoms with Crippen LogP contribution in [0.4, 0.5) is 0 Å². The van der Waals surface area contributed by atoms with E-state index in [1.165, 1.54) is 0 Å². The van der Waals surface area contributed by atoms with Gasteiger partial charge < -0.3 is 9.67 Å². The van der Waals surface area contributed by atoms with Crippen molar-refractivity contribution in [2.45, 2.75) is 19.8 Å². The first-order valence-corrected chi connectivity index (χ1v) is 3.45. The predicted octanol–water partition coefficient (Wildman–Crippen LogP) is 1.08. The van der Waals surface area contributed by atoms with Gasteiger partial charge >= 0.3 is 0 Å². The molecule has 0 aliphatic rings. The van der Waals surface area contributed by atoms with Gasteiger partial charge in [-0.05, 0) is 6.42 Å². The summed E-state index contributed by atoms with van der Waals surface area (Å²) in [5.41, 5.74) is 0. The number of hydrogen-bond donors (Lipinski definition) is 1. The molecule has 0 fully saturated rings. The van der Waals surface area contributed by atoms with E-state index in [1.807, 2.05) is 11.6 Å². The molecule has 3 nitrogen and oxygen atoms in total. The highest BCUT2D eigenvalue weighted by Gasteiger charge is 2.00. The highest BCUT2D eigenvalue weighted by atomic mass is 16.3. The van der Waals surface area contributed by atoms with Crippen LogP contribution >= 0.6 is 0 Å². The Hall–Kier alpha value is -0.990. The summed E-state index contributed by atoms with van der Waals surface area (Å²) in [6.07, 6.45) is 3.60. The summed E-state index contributed by atoms with van der Waals surface area (Å²) in [6.45, 7) is 2.09. The SMILES string of the molecule is CCCc1nc(O)cn1C. The van der Waals surface area contributed by atoms with Crippen molar-refractivity contribution in [1.29, 1.82) is 0 Å². The van der Waals surface area contributed by atoms with Crippen LogP contribution in [-0.4, -0.2) is 14.7 Å². The fraction of sp³-hybridized carbons (Fsp3) is 0.571. The van der Waals surface area contributed by atoms with E-state index in [9.17, 15) is 0 Å². The first-order valence-electron chi connectivity index (χ1n) is 3.45. The molecule has 56 valence electrons. The van der Waals surface area contributed by atoms with Gasteiger partial charge in [0, 0.05) is 13.5 Å². The van der Waals surface area contributed by atoms with Crippen LogP contribution in [0.5, 0.6) is 5.88 Å². The molecule has 1 rings (SSSR count). The van der Waals surface area contributed by atoms with Crippen LogP contribution in [0, 0.1) is 0 Å². The van der Waals surface area contributed by atoms with E-state index in [0.717, 1.165) is 18.7 Å². The van der Waals surface area contributed by atoms with Crippen molar-refractivity contribution in [2.75, 3.05) is 0 Å². The van der Waals surface area contributed by atoms with Gasteiger partial charge in [-0.2, -0.15) is 4.98 Å². The lowest BCUT2D eigenvalue weighted by atomic mass is 10.3. The second-order valence-electron chi connectivity index (χ2n) is 2.38. The Morgan fingerprint density at radius 2 is 2.40 bits per heavy atom. The second-order valence-corrected chi connectivity index (χ2v) is 2.38. The van der Waals surface area contributed by atoms with Crippen LogP contribution < -0.4 is 0 Å². The molecule has 1 aromatic rings. The maximum absolute atomic E-state index is 8.93. The molecule has 0 aliphatic carbocycles. The third kappa shape index (κ3) is 1.29. The van der Waals surface area contributed by atoms with Crippen LogP contribution in [0.15, 0.2) is 6.20 Å². The number of aromatic nitrogens is 2. The van der Waals surface area contributed by atoms with Gasteiger partial charge in [0.25, 0.3) is 0 Å².